The van der Waals surface area contributed by atoms with Crippen LogP contribution in [0.2, 0.25) is 0 Å². The molecule has 0 aliphatic carbocycles. The third-order valence-electron chi connectivity index (χ3n) is 10.9. The van der Waals surface area contributed by atoms with Gasteiger partial charge in [-0.3, -0.25) is 0 Å². The third-order valence-corrected chi connectivity index (χ3v) is 10.9. The van der Waals surface area contributed by atoms with E-state index in [1.165, 1.54) is 98.3 Å². The summed E-state index contributed by atoms with van der Waals surface area (Å²) in [7, 11) is 0. The molecule has 0 radical (unpaired) electrons. The van der Waals surface area contributed by atoms with Crippen LogP contribution in [0.4, 0.5) is 0 Å². The Balaban J connectivity index is 1.31. The number of benzene rings is 10. The largest absolute Gasteiger partial charge is 0.308 e. The third kappa shape index (κ3) is 4.22. The zero-order valence-electron chi connectivity index (χ0n) is 27.8. The van der Waals surface area contributed by atoms with Crippen molar-refractivity contribution in [1.29, 1.82) is 0 Å². The van der Waals surface area contributed by atoms with Gasteiger partial charge in [0.05, 0.1) is 11.2 Å². The second kappa shape index (κ2) is 10.9. The van der Waals surface area contributed by atoms with Crippen LogP contribution in [-0.4, -0.2) is 4.57 Å². The maximum absolute atomic E-state index is 2.54. The summed E-state index contributed by atoms with van der Waals surface area (Å²) in [6.07, 6.45) is 0. The van der Waals surface area contributed by atoms with Gasteiger partial charge in [-0.1, -0.05) is 164 Å². The van der Waals surface area contributed by atoms with Crippen LogP contribution in [0.5, 0.6) is 0 Å². The first kappa shape index (κ1) is 28.2. The monoisotopic (exact) mass is 645 g/mol. The van der Waals surface area contributed by atoms with Gasteiger partial charge in [0.1, 0.15) is 0 Å². The van der Waals surface area contributed by atoms with Gasteiger partial charge in [-0.25, -0.2) is 0 Å². The lowest BCUT2D eigenvalue weighted by Crippen LogP contribution is -1.98. The maximum atomic E-state index is 2.54. The molecule has 1 nitrogen and oxygen atoms in total. The lowest BCUT2D eigenvalue weighted by Gasteiger charge is -2.17. The number of aromatic nitrogens is 1. The SMILES string of the molecule is c1ccc(-c2c(-c3ccccc3)n(-c3ccc4ccccc4c3)c3c2cc2ccc4c(-c5ccc6ccccc6c5)ccc5ccc3c2c54)cc1. The van der Waals surface area contributed by atoms with Gasteiger partial charge >= 0.3 is 0 Å². The van der Waals surface area contributed by atoms with Crippen molar-refractivity contribution >= 4 is 64.8 Å². The highest BCUT2D eigenvalue weighted by molar-refractivity contribution is 6.32. The van der Waals surface area contributed by atoms with Crippen molar-refractivity contribution in [2.24, 2.45) is 0 Å². The van der Waals surface area contributed by atoms with E-state index in [-0.39, 0.29) is 0 Å². The van der Waals surface area contributed by atoms with Crippen molar-refractivity contribution < 1.29 is 0 Å². The summed E-state index contributed by atoms with van der Waals surface area (Å²) in [5, 5.41) is 14.0. The molecule has 0 atom stereocenters. The van der Waals surface area contributed by atoms with E-state index in [1.807, 2.05) is 0 Å². The molecule has 1 heterocycles. The van der Waals surface area contributed by atoms with Crippen molar-refractivity contribution in [3.8, 4) is 39.2 Å². The van der Waals surface area contributed by atoms with Crippen LogP contribution >= 0.6 is 0 Å². The van der Waals surface area contributed by atoms with E-state index in [1.54, 1.807) is 0 Å². The summed E-state index contributed by atoms with van der Waals surface area (Å²) >= 11 is 0. The summed E-state index contributed by atoms with van der Waals surface area (Å²) in [6.45, 7) is 0. The van der Waals surface area contributed by atoms with Crippen LogP contribution in [-0.2, 0) is 0 Å². The summed E-state index contributed by atoms with van der Waals surface area (Å²) in [4.78, 5) is 0. The van der Waals surface area contributed by atoms with Crippen molar-refractivity contribution in [3.05, 3.63) is 188 Å². The van der Waals surface area contributed by atoms with Crippen LogP contribution in [0, 0.1) is 0 Å². The van der Waals surface area contributed by atoms with Gasteiger partial charge in [0, 0.05) is 22.0 Å². The average molecular weight is 646 g/mol. The van der Waals surface area contributed by atoms with Crippen LogP contribution in [0.25, 0.3) is 104 Å². The van der Waals surface area contributed by atoms with E-state index in [9.17, 15) is 0 Å². The summed E-state index contributed by atoms with van der Waals surface area (Å²) in [5.41, 5.74) is 9.78. The molecular formula is C50H31N. The predicted octanol–water partition coefficient (Wildman–Crippen LogP) is 13.8. The van der Waals surface area contributed by atoms with Gasteiger partial charge in [0.15, 0.2) is 0 Å². The van der Waals surface area contributed by atoms with Crippen LogP contribution in [0.3, 0.4) is 0 Å². The zero-order valence-corrected chi connectivity index (χ0v) is 27.8. The number of hydrogen-bond donors (Lipinski definition) is 0. The second-order valence-electron chi connectivity index (χ2n) is 13.7. The van der Waals surface area contributed by atoms with Crippen LogP contribution in [0.15, 0.2) is 188 Å². The smallest absolute Gasteiger partial charge is 0.0620 e. The van der Waals surface area contributed by atoms with E-state index >= 15 is 0 Å². The van der Waals surface area contributed by atoms with Gasteiger partial charge in [-0.15, -0.1) is 0 Å². The molecule has 0 spiro atoms. The normalized spacial score (nSPS) is 11.9. The Morgan fingerprint density at radius 2 is 0.882 bits per heavy atom. The lowest BCUT2D eigenvalue weighted by molar-refractivity contribution is 1.14. The van der Waals surface area contributed by atoms with Crippen molar-refractivity contribution in [1.82, 2.24) is 4.57 Å². The highest BCUT2D eigenvalue weighted by Crippen LogP contribution is 2.49. The first-order chi connectivity index (χ1) is 25.3. The van der Waals surface area contributed by atoms with E-state index in [4.69, 9.17) is 0 Å². The number of hydrogen-bond acceptors (Lipinski definition) is 0. The molecule has 1 aromatic heterocycles. The number of fused-ring (bicyclic) bond motifs is 4. The van der Waals surface area contributed by atoms with Gasteiger partial charge in [-0.2, -0.15) is 0 Å². The fourth-order valence-electron chi connectivity index (χ4n) is 8.59. The minimum atomic E-state index is 1.16. The fraction of sp³-hybridized carbons (Fsp3) is 0. The van der Waals surface area contributed by atoms with Gasteiger partial charge in [0.25, 0.3) is 0 Å². The Kier molecular flexibility index (Phi) is 6.02. The Hall–Kier alpha value is -6.70. The highest BCUT2D eigenvalue weighted by atomic mass is 15.0. The molecule has 51 heavy (non-hydrogen) atoms. The molecule has 0 bridgehead atoms. The average Bonchev–Trinajstić information content (AvgIpc) is 3.55. The molecule has 1 heteroatoms. The van der Waals surface area contributed by atoms with E-state index in [2.05, 4.69) is 193 Å². The number of nitrogens with zero attached hydrogens (tertiary/aromatic N) is 1. The second-order valence-corrected chi connectivity index (χ2v) is 13.7. The Labute approximate surface area is 295 Å². The quantitative estimate of drug-likeness (QED) is 0.168. The highest BCUT2D eigenvalue weighted by Gasteiger charge is 2.25. The van der Waals surface area contributed by atoms with E-state index < -0.39 is 0 Å². The van der Waals surface area contributed by atoms with E-state index in [0.717, 1.165) is 5.69 Å². The molecule has 11 aromatic rings. The molecule has 236 valence electrons. The number of rotatable bonds is 4. The molecule has 0 fully saturated rings. The van der Waals surface area contributed by atoms with Crippen molar-refractivity contribution in [3.63, 3.8) is 0 Å². The first-order valence-electron chi connectivity index (χ1n) is 17.7. The Bertz CT molecular complexity index is 3110. The van der Waals surface area contributed by atoms with Crippen LogP contribution < -0.4 is 0 Å². The predicted molar refractivity (Wildman–Crippen MR) is 218 cm³/mol. The Morgan fingerprint density at radius 1 is 0.314 bits per heavy atom. The Morgan fingerprint density at radius 3 is 1.65 bits per heavy atom. The van der Waals surface area contributed by atoms with Gasteiger partial charge in [-0.05, 0) is 95.0 Å². The lowest BCUT2D eigenvalue weighted by atomic mass is 9.88. The molecule has 0 amide bonds. The zero-order chi connectivity index (χ0) is 33.5. The minimum absolute atomic E-state index is 1.16. The molecule has 0 aliphatic heterocycles. The minimum Gasteiger partial charge on any atom is -0.308 e. The molecule has 11 rings (SSSR count). The maximum Gasteiger partial charge on any atom is 0.0620 e. The van der Waals surface area contributed by atoms with Crippen LogP contribution in [0.1, 0.15) is 0 Å². The van der Waals surface area contributed by atoms with E-state index in [0.29, 0.717) is 0 Å². The van der Waals surface area contributed by atoms with Crippen molar-refractivity contribution in [2.45, 2.75) is 0 Å². The molecule has 0 saturated heterocycles. The molecule has 0 N–H and O–H groups in total. The topological polar surface area (TPSA) is 4.93 Å². The summed E-state index contributed by atoms with van der Waals surface area (Å²) in [6, 6.07) is 69.4. The van der Waals surface area contributed by atoms with Crippen molar-refractivity contribution in [2.75, 3.05) is 0 Å². The molecule has 0 saturated carbocycles. The molecule has 10 aromatic carbocycles. The fourth-order valence-corrected chi connectivity index (χ4v) is 8.59. The van der Waals surface area contributed by atoms with Gasteiger partial charge < -0.3 is 4.57 Å². The molecule has 0 aliphatic rings. The van der Waals surface area contributed by atoms with Gasteiger partial charge in [0.2, 0.25) is 0 Å². The standard InChI is InChI=1S/C50H31N/c1-3-13-34(14-4-1)48-45-31-40-24-27-43-42(39-20-19-32-11-7-9-17-37(32)29-39)26-22-35-23-28-44(47(40)46(35)43)50(45)51(49(48)36-15-5-2-6-16-36)41-25-21-33-12-8-10-18-38(33)30-41/h1-31H. The molecule has 0 unspecified atom stereocenters. The first-order valence-corrected chi connectivity index (χ1v) is 17.7. The summed E-state index contributed by atoms with van der Waals surface area (Å²) < 4.78 is 2.54. The summed E-state index contributed by atoms with van der Waals surface area (Å²) in [5.74, 6) is 0. The molecular weight excluding hydrogens is 615 g/mol.